The van der Waals surface area contributed by atoms with Crippen LogP contribution in [-0.4, -0.2) is 16.5 Å². The number of hydrogen-bond acceptors (Lipinski definition) is 3. The fourth-order valence-electron chi connectivity index (χ4n) is 1.99. The summed E-state index contributed by atoms with van der Waals surface area (Å²) in [6.07, 6.45) is 3.50. The fraction of sp³-hybridized carbons (Fsp3) is 0.533. The maximum absolute atomic E-state index is 4.74. The number of hydrogen-bond donors (Lipinski definition) is 1. The highest BCUT2D eigenvalue weighted by molar-refractivity contribution is 8.14. The second kappa shape index (κ2) is 5.79. The summed E-state index contributed by atoms with van der Waals surface area (Å²) in [4.78, 5) is 4.74. The summed E-state index contributed by atoms with van der Waals surface area (Å²) in [6, 6.07) is 8.70. The van der Waals surface area contributed by atoms with E-state index in [9.17, 15) is 0 Å². The van der Waals surface area contributed by atoms with E-state index in [1.165, 1.54) is 12.0 Å². The van der Waals surface area contributed by atoms with Crippen molar-refractivity contribution in [3.05, 3.63) is 29.8 Å². The smallest absolute Gasteiger partial charge is 0.161 e. The molecule has 0 spiro atoms. The van der Waals surface area contributed by atoms with Gasteiger partial charge in [-0.15, -0.1) is 0 Å². The van der Waals surface area contributed by atoms with Crippen LogP contribution in [0.2, 0.25) is 0 Å². The highest BCUT2D eigenvalue weighted by atomic mass is 32.2. The van der Waals surface area contributed by atoms with Crippen LogP contribution < -0.4 is 5.32 Å². The van der Waals surface area contributed by atoms with Crippen LogP contribution in [0.5, 0.6) is 0 Å². The van der Waals surface area contributed by atoms with Gasteiger partial charge in [-0.05, 0) is 44.4 Å². The molecule has 0 saturated carbocycles. The molecule has 98 valence electrons. The second-order valence-electron chi connectivity index (χ2n) is 5.40. The number of amidine groups is 1. The Labute approximate surface area is 114 Å². The third-order valence-corrected chi connectivity index (χ3v) is 3.98. The number of thioether (sulfide) groups is 1. The molecule has 1 N–H and O–H groups in total. The second-order valence-corrected chi connectivity index (χ2v) is 6.48. The number of aryl methyl sites for hydroxylation is 1. The third kappa shape index (κ3) is 3.77. The average molecular weight is 262 g/mol. The lowest BCUT2D eigenvalue weighted by atomic mass is 10.0. The highest BCUT2D eigenvalue weighted by Gasteiger charge is 2.22. The first-order chi connectivity index (χ1) is 8.59. The minimum Gasteiger partial charge on any atom is -0.335 e. The number of nitrogens with zero attached hydrogens (tertiary/aromatic N) is 1. The van der Waals surface area contributed by atoms with Crippen molar-refractivity contribution in [2.45, 2.75) is 45.6 Å². The number of anilines is 1. The lowest BCUT2D eigenvalue weighted by molar-refractivity contribution is 0.507. The standard InChI is InChI=1S/C15H22N2S/c1-4-5-12-6-8-13(9-7-12)16-14-17-15(2,3)10-11-18-14/h6-9H,4-5,10-11H2,1-3H3,(H,16,17). The molecule has 2 nitrogen and oxygen atoms in total. The minimum atomic E-state index is 0.0791. The van der Waals surface area contributed by atoms with E-state index in [1.807, 2.05) is 11.8 Å². The van der Waals surface area contributed by atoms with Gasteiger partial charge in [-0.2, -0.15) is 0 Å². The number of aliphatic imine (C=N–C) groups is 1. The van der Waals surface area contributed by atoms with Crippen LogP contribution in [-0.2, 0) is 6.42 Å². The first-order valence-corrected chi connectivity index (χ1v) is 7.66. The van der Waals surface area contributed by atoms with Gasteiger partial charge >= 0.3 is 0 Å². The highest BCUT2D eigenvalue weighted by Crippen LogP contribution is 2.26. The van der Waals surface area contributed by atoms with Gasteiger partial charge in [0, 0.05) is 11.4 Å². The molecule has 0 aliphatic carbocycles. The lowest BCUT2D eigenvalue weighted by Crippen LogP contribution is -2.27. The lowest BCUT2D eigenvalue weighted by Gasteiger charge is -2.26. The Balaban J connectivity index is 2.03. The minimum absolute atomic E-state index is 0.0791. The van der Waals surface area contributed by atoms with Crippen LogP contribution in [0.1, 0.15) is 39.2 Å². The zero-order chi connectivity index (χ0) is 13.0. The van der Waals surface area contributed by atoms with Crippen molar-refractivity contribution in [2.75, 3.05) is 11.1 Å². The molecule has 0 radical (unpaired) electrons. The summed E-state index contributed by atoms with van der Waals surface area (Å²) < 4.78 is 0. The molecule has 1 aromatic carbocycles. The third-order valence-electron chi connectivity index (χ3n) is 3.10. The largest absolute Gasteiger partial charge is 0.335 e. The predicted octanol–water partition coefficient (Wildman–Crippen LogP) is 4.32. The molecule has 0 fully saturated rings. The van der Waals surface area contributed by atoms with Crippen LogP contribution in [0.25, 0.3) is 0 Å². The van der Waals surface area contributed by atoms with Crippen LogP contribution >= 0.6 is 11.8 Å². The molecule has 18 heavy (non-hydrogen) atoms. The molecule has 1 aliphatic rings. The Morgan fingerprint density at radius 2 is 2.00 bits per heavy atom. The van der Waals surface area contributed by atoms with Crippen molar-refractivity contribution < 1.29 is 0 Å². The van der Waals surface area contributed by atoms with E-state index in [2.05, 4.69) is 50.4 Å². The summed E-state index contributed by atoms with van der Waals surface area (Å²) in [5, 5.41) is 4.47. The molecule has 0 unspecified atom stereocenters. The molecule has 0 atom stereocenters. The van der Waals surface area contributed by atoms with Crippen molar-refractivity contribution in [1.82, 2.24) is 0 Å². The van der Waals surface area contributed by atoms with Gasteiger partial charge in [-0.3, -0.25) is 4.99 Å². The van der Waals surface area contributed by atoms with E-state index < -0.39 is 0 Å². The first-order valence-electron chi connectivity index (χ1n) is 6.68. The van der Waals surface area contributed by atoms with Crippen molar-refractivity contribution >= 4 is 22.6 Å². The van der Waals surface area contributed by atoms with E-state index in [0.717, 1.165) is 29.4 Å². The monoisotopic (exact) mass is 262 g/mol. The van der Waals surface area contributed by atoms with E-state index in [0.29, 0.717) is 0 Å². The molecular formula is C15H22N2S. The summed E-state index contributed by atoms with van der Waals surface area (Å²) in [6.45, 7) is 6.60. The predicted molar refractivity (Wildman–Crippen MR) is 82.6 cm³/mol. The Morgan fingerprint density at radius 3 is 2.61 bits per heavy atom. The van der Waals surface area contributed by atoms with Crippen molar-refractivity contribution in [1.29, 1.82) is 0 Å². The number of benzene rings is 1. The molecule has 1 aliphatic heterocycles. The van der Waals surface area contributed by atoms with E-state index in [1.54, 1.807) is 0 Å². The maximum Gasteiger partial charge on any atom is 0.161 e. The summed E-state index contributed by atoms with van der Waals surface area (Å²) in [5.41, 5.74) is 2.62. The molecule has 2 rings (SSSR count). The van der Waals surface area contributed by atoms with Gasteiger partial charge in [0.05, 0.1) is 5.54 Å². The van der Waals surface area contributed by atoms with Gasteiger partial charge in [-0.1, -0.05) is 37.2 Å². The van der Waals surface area contributed by atoms with E-state index in [4.69, 9.17) is 4.99 Å². The van der Waals surface area contributed by atoms with Crippen molar-refractivity contribution in [3.63, 3.8) is 0 Å². The molecule has 1 heterocycles. The Kier molecular flexibility index (Phi) is 4.33. The Hall–Kier alpha value is -0.960. The van der Waals surface area contributed by atoms with E-state index >= 15 is 0 Å². The van der Waals surface area contributed by atoms with Gasteiger partial charge < -0.3 is 5.32 Å². The zero-order valence-electron chi connectivity index (χ0n) is 11.5. The summed E-state index contributed by atoms with van der Waals surface area (Å²) in [7, 11) is 0. The fourth-order valence-corrected chi connectivity index (χ4v) is 3.29. The van der Waals surface area contributed by atoms with Gasteiger partial charge in [0.1, 0.15) is 0 Å². The van der Waals surface area contributed by atoms with Crippen molar-refractivity contribution in [3.8, 4) is 0 Å². The molecule has 0 aromatic heterocycles. The summed E-state index contributed by atoms with van der Waals surface area (Å²) >= 11 is 1.81. The number of nitrogens with one attached hydrogen (secondary N) is 1. The van der Waals surface area contributed by atoms with Crippen LogP contribution in [0.15, 0.2) is 29.3 Å². The first kappa shape index (κ1) is 13.5. The molecule has 1 aromatic rings. The Bertz CT molecular complexity index is 421. The normalized spacial score (nSPS) is 18.3. The van der Waals surface area contributed by atoms with Gasteiger partial charge in [0.15, 0.2) is 5.17 Å². The zero-order valence-corrected chi connectivity index (χ0v) is 12.3. The molecule has 3 heteroatoms. The van der Waals surface area contributed by atoms with Crippen LogP contribution in [0.3, 0.4) is 0 Å². The molecular weight excluding hydrogens is 240 g/mol. The SMILES string of the molecule is CCCc1ccc(NC2=NC(C)(C)CCS2)cc1. The quantitative estimate of drug-likeness (QED) is 0.877. The molecule has 0 saturated heterocycles. The maximum atomic E-state index is 4.74. The topological polar surface area (TPSA) is 24.4 Å². The number of rotatable bonds is 3. The van der Waals surface area contributed by atoms with Crippen LogP contribution in [0, 0.1) is 0 Å². The average Bonchev–Trinajstić information content (AvgIpc) is 2.31. The van der Waals surface area contributed by atoms with Crippen LogP contribution in [0.4, 0.5) is 5.69 Å². The van der Waals surface area contributed by atoms with Gasteiger partial charge in [0.2, 0.25) is 0 Å². The van der Waals surface area contributed by atoms with Gasteiger partial charge in [-0.25, -0.2) is 0 Å². The van der Waals surface area contributed by atoms with E-state index in [-0.39, 0.29) is 5.54 Å². The molecule has 0 bridgehead atoms. The Morgan fingerprint density at radius 1 is 1.28 bits per heavy atom. The van der Waals surface area contributed by atoms with Crippen molar-refractivity contribution in [2.24, 2.45) is 4.99 Å². The van der Waals surface area contributed by atoms with Gasteiger partial charge in [0.25, 0.3) is 0 Å². The molecule has 0 amide bonds. The summed E-state index contributed by atoms with van der Waals surface area (Å²) in [5.74, 6) is 1.15.